The van der Waals surface area contributed by atoms with E-state index in [-0.39, 0.29) is 5.91 Å². The van der Waals surface area contributed by atoms with Crippen molar-refractivity contribution in [2.75, 3.05) is 25.5 Å². The van der Waals surface area contributed by atoms with Crippen molar-refractivity contribution in [3.05, 3.63) is 23.8 Å². The molecule has 0 fully saturated rings. The molecule has 4 heteroatoms. The summed E-state index contributed by atoms with van der Waals surface area (Å²) < 4.78 is 5.17. The monoisotopic (exact) mass is 222 g/mol. The van der Waals surface area contributed by atoms with Gasteiger partial charge in [-0.1, -0.05) is 0 Å². The summed E-state index contributed by atoms with van der Waals surface area (Å²) in [6.07, 6.45) is 0. The highest BCUT2D eigenvalue weighted by molar-refractivity contribution is 5.72. The van der Waals surface area contributed by atoms with Crippen molar-refractivity contribution in [2.45, 2.75) is 13.8 Å². The third kappa shape index (κ3) is 3.81. The Labute approximate surface area is 96.0 Å². The molecule has 0 spiro atoms. The number of anilines is 1. The lowest BCUT2D eigenvalue weighted by Gasteiger charge is -2.09. The number of hydrogen-bond acceptors (Lipinski definition) is 3. The standard InChI is InChI=1S/C12H18N2O2/c1-9-8-11(4-5-12(9)16-3)14-7-6-13-10(2)15/h4-5,8,14H,6-7H2,1-3H3,(H,13,15). The van der Waals surface area contributed by atoms with Crippen molar-refractivity contribution in [1.82, 2.24) is 5.32 Å². The third-order valence-electron chi connectivity index (χ3n) is 2.22. The number of nitrogens with one attached hydrogen (secondary N) is 2. The zero-order chi connectivity index (χ0) is 12.0. The number of methoxy groups -OCH3 is 1. The summed E-state index contributed by atoms with van der Waals surface area (Å²) in [5.41, 5.74) is 2.12. The van der Waals surface area contributed by atoms with Crippen molar-refractivity contribution in [3.8, 4) is 5.75 Å². The molecule has 0 aliphatic rings. The molecule has 0 heterocycles. The fourth-order valence-electron chi connectivity index (χ4n) is 1.43. The summed E-state index contributed by atoms with van der Waals surface area (Å²) >= 11 is 0. The van der Waals surface area contributed by atoms with E-state index in [9.17, 15) is 4.79 Å². The molecule has 0 aliphatic carbocycles. The highest BCUT2D eigenvalue weighted by Crippen LogP contribution is 2.20. The number of ether oxygens (including phenoxy) is 1. The van der Waals surface area contributed by atoms with Crippen LogP contribution in [0.1, 0.15) is 12.5 Å². The van der Waals surface area contributed by atoms with Crippen LogP contribution in [-0.2, 0) is 4.79 Å². The third-order valence-corrected chi connectivity index (χ3v) is 2.22. The maximum absolute atomic E-state index is 10.6. The molecule has 0 atom stereocenters. The van der Waals surface area contributed by atoms with Crippen LogP contribution in [0.3, 0.4) is 0 Å². The topological polar surface area (TPSA) is 50.4 Å². The van der Waals surface area contributed by atoms with E-state index < -0.39 is 0 Å². The number of amides is 1. The minimum Gasteiger partial charge on any atom is -0.496 e. The van der Waals surface area contributed by atoms with Gasteiger partial charge in [0.15, 0.2) is 0 Å². The molecule has 0 saturated heterocycles. The van der Waals surface area contributed by atoms with Gasteiger partial charge in [0.25, 0.3) is 0 Å². The van der Waals surface area contributed by atoms with Crippen LogP contribution < -0.4 is 15.4 Å². The second kappa shape index (κ2) is 6.00. The predicted molar refractivity (Wildman–Crippen MR) is 64.9 cm³/mol. The van der Waals surface area contributed by atoms with Crippen molar-refractivity contribution in [3.63, 3.8) is 0 Å². The number of aryl methyl sites for hydroxylation is 1. The zero-order valence-corrected chi connectivity index (χ0v) is 9.96. The first-order valence-corrected chi connectivity index (χ1v) is 5.26. The van der Waals surface area contributed by atoms with Crippen LogP contribution in [-0.4, -0.2) is 26.1 Å². The Hall–Kier alpha value is -1.71. The predicted octanol–water partition coefficient (Wildman–Crippen LogP) is 1.55. The van der Waals surface area contributed by atoms with E-state index in [4.69, 9.17) is 4.74 Å². The van der Waals surface area contributed by atoms with E-state index in [2.05, 4.69) is 10.6 Å². The quantitative estimate of drug-likeness (QED) is 0.743. The van der Waals surface area contributed by atoms with Gasteiger partial charge >= 0.3 is 0 Å². The van der Waals surface area contributed by atoms with E-state index in [1.807, 2.05) is 25.1 Å². The van der Waals surface area contributed by atoms with E-state index in [1.165, 1.54) is 6.92 Å². The second-order valence-electron chi connectivity index (χ2n) is 3.59. The van der Waals surface area contributed by atoms with Gasteiger partial charge < -0.3 is 15.4 Å². The Morgan fingerprint density at radius 1 is 1.38 bits per heavy atom. The van der Waals surface area contributed by atoms with Crippen LogP contribution in [0.4, 0.5) is 5.69 Å². The molecule has 0 bridgehead atoms. The molecule has 1 aromatic carbocycles. The van der Waals surface area contributed by atoms with Crippen molar-refractivity contribution in [1.29, 1.82) is 0 Å². The molecule has 1 rings (SSSR count). The average Bonchev–Trinajstić information content (AvgIpc) is 2.24. The SMILES string of the molecule is COc1ccc(NCCNC(C)=O)cc1C. The van der Waals surface area contributed by atoms with E-state index in [0.717, 1.165) is 17.0 Å². The summed E-state index contributed by atoms with van der Waals surface area (Å²) in [6, 6.07) is 5.91. The molecule has 0 radical (unpaired) electrons. The lowest BCUT2D eigenvalue weighted by molar-refractivity contribution is -0.118. The van der Waals surface area contributed by atoms with Crippen LogP contribution in [0, 0.1) is 6.92 Å². The fraction of sp³-hybridized carbons (Fsp3) is 0.417. The lowest BCUT2D eigenvalue weighted by atomic mass is 10.2. The first kappa shape index (κ1) is 12.4. The molecular formula is C12H18N2O2. The Morgan fingerprint density at radius 3 is 2.69 bits per heavy atom. The van der Waals surface area contributed by atoms with Gasteiger partial charge in [-0.15, -0.1) is 0 Å². The largest absolute Gasteiger partial charge is 0.496 e. The normalized spacial score (nSPS) is 9.69. The molecule has 0 aliphatic heterocycles. The molecule has 1 amide bonds. The molecule has 0 saturated carbocycles. The van der Waals surface area contributed by atoms with E-state index in [0.29, 0.717) is 13.1 Å². The van der Waals surface area contributed by atoms with Gasteiger partial charge in [0, 0.05) is 25.7 Å². The van der Waals surface area contributed by atoms with Crippen molar-refractivity contribution in [2.24, 2.45) is 0 Å². The van der Waals surface area contributed by atoms with Gasteiger partial charge in [0.05, 0.1) is 7.11 Å². The summed E-state index contributed by atoms with van der Waals surface area (Å²) in [7, 11) is 1.66. The van der Waals surface area contributed by atoms with Gasteiger partial charge in [0.1, 0.15) is 5.75 Å². The van der Waals surface area contributed by atoms with Gasteiger partial charge in [0.2, 0.25) is 5.91 Å². The minimum absolute atomic E-state index is 0.00675. The van der Waals surface area contributed by atoms with Crippen LogP contribution in [0.5, 0.6) is 5.75 Å². The molecule has 2 N–H and O–H groups in total. The second-order valence-corrected chi connectivity index (χ2v) is 3.59. The Morgan fingerprint density at radius 2 is 2.12 bits per heavy atom. The summed E-state index contributed by atoms with van der Waals surface area (Å²) in [6.45, 7) is 4.85. The Balaban J connectivity index is 2.43. The van der Waals surface area contributed by atoms with Crippen LogP contribution in [0.25, 0.3) is 0 Å². The summed E-state index contributed by atoms with van der Waals surface area (Å²) in [5, 5.41) is 5.95. The number of carbonyl (C=O) groups is 1. The molecular weight excluding hydrogens is 204 g/mol. The summed E-state index contributed by atoms with van der Waals surface area (Å²) in [5.74, 6) is 0.875. The number of hydrogen-bond donors (Lipinski definition) is 2. The van der Waals surface area contributed by atoms with Crippen molar-refractivity contribution >= 4 is 11.6 Å². The van der Waals surface area contributed by atoms with Gasteiger partial charge in [-0.3, -0.25) is 4.79 Å². The first-order valence-electron chi connectivity index (χ1n) is 5.26. The molecule has 88 valence electrons. The van der Waals surface area contributed by atoms with Gasteiger partial charge in [-0.25, -0.2) is 0 Å². The summed E-state index contributed by atoms with van der Waals surface area (Å²) in [4.78, 5) is 10.6. The Kier molecular flexibility index (Phi) is 4.64. The lowest BCUT2D eigenvalue weighted by Crippen LogP contribution is -2.26. The highest BCUT2D eigenvalue weighted by atomic mass is 16.5. The zero-order valence-electron chi connectivity index (χ0n) is 9.96. The number of carbonyl (C=O) groups excluding carboxylic acids is 1. The van der Waals surface area contributed by atoms with Crippen LogP contribution >= 0.6 is 0 Å². The molecule has 0 aromatic heterocycles. The molecule has 0 unspecified atom stereocenters. The maximum atomic E-state index is 10.6. The molecule has 1 aromatic rings. The van der Waals surface area contributed by atoms with Gasteiger partial charge in [-0.2, -0.15) is 0 Å². The van der Waals surface area contributed by atoms with Crippen LogP contribution in [0.2, 0.25) is 0 Å². The number of benzene rings is 1. The average molecular weight is 222 g/mol. The number of rotatable bonds is 5. The fourth-order valence-corrected chi connectivity index (χ4v) is 1.43. The van der Waals surface area contributed by atoms with Gasteiger partial charge in [-0.05, 0) is 30.7 Å². The maximum Gasteiger partial charge on any atom is 0.216 e. The van der Waals surface area contributed by atoms with Crippen LogP contribution in [0.15, 0.2) is 18.2 Å². The first-order chi connectivity index (χ1) is 7.63. The Bertz CT molecular complexity index is 364. The highest BCUT2D eigenvalue weighted by Gasteiger charge is 1.99. The van der Waals surface area contributed by atoms with E-state index >= 15 is 0 Å². The molecule has 4 nitrogen and oxygen atoms in total. The minimum atomic E-state index is -0.00675. The van der Waals surface area contributed by atoms with E-state index in [1.54, 1.807) is 7.11 Å². The molecule has 16 heavy (non-hydrogen) atoms. The van der Waals surface area contributed by atoms with Crippen molar-refractivity contribution < 1.29 is 9.53 Å². The smallest absolute Gasteiger partial charge is 0.216 e.